The Morgan fingerprint density at radius 3 is 2.48 bits per heavy atom. The number of hydrogen-bond acceptors (Lipinski definition) is 4. The van der Waals surface area contributed by atoms with Gasteiger partial charge in [0, 0.05) is 18.2 Å². The van der Waals surface area contributed by atoms with E-state index in [1.54, 1.807) is 18.2 Å². The van der Waals surface area contributed by atoms with Crippen LogP contribution in [-0.2, 0) is 19.6 Å². The number of nitrogens with zero attached hydrogens (tertiary/aromatic N) is 1. The molecule has 0 aromatic heterocycles. The summed E-state index contributed by atoms with van der Waals surface area (Å²) in [6.07, 6.45) is 0.783. The average molecular weight is 439 g/mol. The molecule has 0 aliphatic rings. The van der Waals surface area contributed by atoms with Crippen LogP contribution in [0.5, 0.6) is 0 Å². The van der Waals surface area contributed by atoms with Gasteiger partial charge < -0.3 is 10.1 Å². The van der Waals surface area contributed by atoms with Gasteiger partial charge in [0.15, 0.2) is 0 Å². The lowest BCUT2D eigenvalue weighted by Crippen LogP contribution is -2.41. The number of amides is 1. The second kappa shape index (κ2) is 10.6. The van der Waals surface area contributed by atoms with Crippen molar-refractivity contribution in [2.24, 2.45) is 0 Å². The highest BCUT2D eigenvalue weighted by molar-refractivity contribution is 7.92. The second-order valence-corrected chi connectivity index (χ2v) is 9.23. The Balaban J connectivity index is 2.18. The molecule has 2 aromatic carbocycles. The van der Waals surface area contributed by atoms with Crippen molar-refractivity contribution in [1.29, 1.82) is 0 Å². The quantitative estimate of drug-likeness (QED) is 0.573. The number of carbonyl (C=O) groups excluding carboxylic acids is 1. The van der Waals surface area contributed by atoms with Gasteiger partial charge in [0.05, 0.1) is 16.7 Å². The van der Waals surface area contributed by atoms with Gasteiger partial charge in [0.2, 0.25) is 5.91 Å². The van der Waals surface area contributed by atoms with E-state index < -0.39 is 10.0 Å². The first-order chi connectivity index (χ1) is 13.7. The van der Waals surface area contributed by atoms with Crippen molar-refractivity contribution in [3.05, 3.63) is 59.1 Å². The highest BCUT2D eigenvalue weighted by Crippen LogP contribution is 2.25. The molecule has 0 saturated heterocycles. The number of rotatable bonds is 10. The van der Waals surface area contributed by atoms with Crippen molar-refractivity contribution in [3.63, 3.8) is 0 Å². The van der Waals surface area contributed by atoms with Crippen LogP contribution in [0.25, 0.3) is 0 Å². The molecule has 8 heteroatoms. The number of hydrogen-bond donors (Lipinski definition) is 1. The van der Waals surface area contributed by atoms with E-state index in [0.717, 1.165) is 9.87 Å². The predicted molar refractivity (Wildman–Crippen MR) is 116 cm³/mol. The van der Waals surface area contributed by atoms with E-state index in [1.807, 2.05) is 26.8 Å². The van der Waals surface area contributed by atoms with Gasteiger partial charge >= 0.3 is 0 Å². The zero-order chi connectivity index (χ0) is 21.4. The smallest absolute Gasteiger partial charge is 0.264 e. The fraction of sp³-hybridized carbons (Fsp3) is 0.381. The Morgan fingerprint density at radius 1 is 1.17 bits per heavy atom. The summed E-state index contributed by atoms with van der Waals surface area (Å²) in [6.45, 7) is 6.38. The predicted octanol–water partition coefficient (Wildman–Crippen LogP) is 3.78. The van der Waals surface area contributed by atoms with Gasteiger partial charge in [0.25, 0.3) is 10.0 Å². The zero-order valence-corrected chi connectivity index (χ0v) is 18.5. The first-order valence-electron chi connectivity index (χ1n) is 9.43. The minimum Gasteiger partial charge on any atom is -0.379 e. The molecule has 29 heavy (non-hydrogen) atoms. The fourth-order valence-corrected chi connectivity index (χ4v) is 4.18. The van der Waals surface area contributed by atoms with Crippen LogP contribution in [0, 0.1) is 6.92 Å². The fourth-order valence-electron chi connectivity index (χ4n) is 2.64. The number of carbonyl (C=O) groups is 1. The molecule has 0 spiro atoms. The van der Waals surface area contributed by atoms with Gasteiger partial charge in [-0.2, -0.15) is 0 Å². The molecule has 158 valence electrons. The molecule has 2 rings (SSSR count). The maximum Gasteiger partial charge on any atom is 0.264 e. The standard InChI is InChI=1S/C21H27ClN2O4S/c1-16(2)28-13-5-12-23-21(25)15-24(19-7-4-6-17(3)14-19)29(26,27)20-10-8-18(22)9-11-20/h4,6-11,14,16H,5,12-13,15H2,1-3H3,(H,23,25). The van der Waals surface area contributed by atoms with Crippen molar-refractivity contribution >= 4 is 33.2 Å². The number of nitrogens with one attached hydrogen (secondary N) is 1. The highest BCUT2D eigenvalue weighted by Gasteiger charge is 2.27. The Bertz CT molecular complexity index is 915. The first kappa shape index (κ1) is 23.2. The number of anilines is 1. The monoisotopic (exact) mass is 438 g/mol. The van der Waals surface area contributed by atoms with Gasteiger partial charge in [0.1, 0.15) is 6.54 Å². The Hall–Kier alpha value is -2.09. The summed E-state index contributed by atoms with van der Waals surface area (Å²) >= 11 is 5.88. The van der Waals surface area contributed by atoms with Gasteiger partial charge in [-0.3, -0.25) is 9.10 Å². The third-order valence-corrected chi connectivity index (χ3v) is 6.11. The van der Waals surface area contributed by atoms with Crippen LogP contribution < -0.4 is 9.62 Å². The molecule has 0 fully saturated rings. The molecule has 0 bridgehead atoms. The van der Waals surface area contributed by atoms with Crippen LogP contribution in [0.3, 0.4) is 0 Å². The summed E-state index contributed by atoms with van der Waals surface area (Å²) in [6, 6.07) is 12.9. The molecule has 0 aliphatic carbocycles. The second-order valence-electron chi connectivity index (χ2n) is 6.93. The van der Waals surface area contributed by atoms with Gasteiger partial charge in [-0.05, 0) is 69.2 Å². The lowest BCUT2D eigenvalue weighted by molar-refractivity contribution is -0.119. The highest BCUT2D eigenvalue weighted by atomic mass is 35.5. The van der Waals surface area contributed by atoms with E-state index in [0.29, 0.717) is 30.3 Å². The molecule has 1 N–H and O–H groups in total. The van der Waals surface area contributed by atoms with Crippen molar-refractivity contribution in [3.8, 4) is 0 Å². The summed E-state index contributed by atoms with van der Waals surface area (Å²) in [7, 11) is -3.94. The molecule has 0 unspecified atom stereocenters. The van der Waals surface area contributed by atoms with Crippen molar-refractivity contribution in [1.82, 2.24) is 5.32 Å². The van der Waals surface area contributed by atoms with Crippen LogP contribution in [0.15, 0.2) is 53.4 Å². The molecule has 0 heterocycles. The lowest BCUT2D eigenvalue weighted by atomic mass is 10.2. The number of ether oxygens (including phenoxy) is 1. The average Bonchev–Trinajstić information content (AvgIpc) is 2.66. The van der Waals surface area contributed by atoms with Crippen LogP contribution in [0.1, 0.15) is 25.8 Å². The molecule has 2 aromatic rings. The summed E-state index contributed by atoms with van der Waals surface area (Å²) < 4.78 is 33.0. The summed E-state index contributed by atoms with van der Waals surface area (Å²) in [5.74, 6) is -0.381. The SMILES string of the molecule is Cc1cccc(N(CC(=O)NCCCOC(C)C)S(=O)(=O)c2ccc(Cl)cc2)c1. The lowest BCUT2D eigenvalue weighted by Gasteiger charge is -2.24. The molecule has 1 amide bonds. The molecular formula is C21H27ClN2O4S. The third-order valence-electron chi connectivity index (χ3n) is 4.07. The van der Waals surface area contributed by atoms with Crippen molar-refractivity contribution in [2.75, 3.05) is 24.0 Å². The molecule has 0 atom stereocenters. The summed E-state index contributed by atoms with van der Waals surface area (Å²) in [5.41, 5.74) is 1.32. The maximum atomic E-state index is 13.2. The molecule has 0 aliphatic heterocycles. The number of aryl methyl sites for hydroxylation is 1. The largest absolute Gasteiger partial charge is 0.379 e. The Labute approximate surface area is 177 Å². The van der Waals surface area contributed by atoms with E-state index in [2.05, 4.69) is 5.32 Å². The van der Waals surface area contributed by atoms with E-state index in [4.69, 9.17) is 16.3 Å². The Kier molecular flexibility index (Phi) is 8.49. The molecular weight excluding hydrogens is 412 g/mol. The minimum atomic E-state index is -3.94. The van der Waals surface area contributed by atoms with Crippen LogP contribution in [-0.4, -0.2) is 40.1 Å². The van der Waals surface area contributed by atoms with E-state index in [9.17, 15) is 13.2 Å². The van der Waals surface area contributed by atoms with Crippen LogP contribution >= 0.6 is 11.6 Å². The van der Waals surface area contributed by atoms with Gasteiger partial charge in [-0.25, -0.2) is 8.42 Å². The summed E-state index contributed by atoms with van der Waals surface area (Å²) in [4.78, 5) is 12.5. The number of halogens is 1. The zero-order valence-electron chi connectivity index (χ0n) is 16.9. The van der Waals surface area contributed by atoms with E-state index in [1.165, 1.54) is 24.3 Å². The number of sulfonamides is 1. The van der Waals surface area contributed by atoms with Crippen LogP contribution in [0.4, 0.5) is 5.69 Å². The van der Waals surface area contributed by atoms with E-state index >= 15 is 0 Å². The normalized spacial score (nSPS) is 11.5. The maximum absolute atomic E-state index is 13.2. The molecule has 0 radical (unpaired) electrons. The van der Waals surface area contributed by atoms with Crippen molar-refractivity contribution in [2.45, 2.75) is 38.2 Å². The van der Waals surface area contributed by atoms with Crippen molar-refractivity contribution < 1.29 is 17.9 Å². The molecule has 6 nitrogen and oxygen atoms in total. The molecule has 0 saturated carbocycles. The Morgan fingerprint density at radius 2 is 1.86 bits per heavy atom. The van der Waals surface area contributed by atoms with Gasteiger partial charge in [-0.15, -0.1) is 0 Å². The topological polar surface area (TPSA) is 75.7 Å². The third kappa shape index (κ3) is 7.03. The van der Waals surface area contributed by atoms with E-state index in [-0.39, 0.29) is 23.5 Å². The van der Waals surface area contributed by atoms with Gasteiger partial charge in [-0.1, -0.05) is 23.7 Å². The number of benzene rings is 2. The minimum absolute atomic E-state index is 0.0709. The van der Waals surface area contributed by atoms with Crippen LogP contribution in [0.2, 0.25) is 5.02 Å². The summed E-state index contributed by atoms with van der Waals surface area (Å²) in [5, 5.41) is 3.20. The first-order valence-corrected chi connectivity index (χ1v) is 11.2.